The molecule has 0 unspecified atom stereocenters. The Labute approximate surface area is 240 Å². The maximum absolute atomic E-state index is 14.1. The molecule has 0 radical (unpaired) electrons. The molecule has 1 atom stereocenters. The molecule has 3 aromatic carbocycles. The first-order valence-corrected chi connectivity index (χ1v) is 14.1. The predicted octanol–water partition coefficient (Wildman–Crippen LogP) is 4.92. The first kappa shape index (κ1) is 28.0. The molecule has 0 bridgehead atoms. The predicted molar refractivity (Wildman–Crippen MR) is 155 cm³/mol. The first-order valence-electron chi connectivity index (χ1n) is 13.3. The van der Waals surface area contributed by atoms with Crippen molar-refractivity contribution in [2.45, 2.75) is 33.4 Å². The van der Waals surface area contributed by atoms with Gasteiger partial charge >= 0.3 is 5.97 Å². The first-order chi connectivity index (χ1) is 19.9. The van der Waals surface area contributed by atoms with E-state index in [1.54, 1.807) is 60.9 Å². The van der Waals surface area contributed by atoms with Gasteiger partial charge in [-0.05, 0) is 56.2 Å². The van der Waals surface area contributed by atoms with E-state index in [2.05, 4.69) is 4.99 Å². The molecule has 0 saturated heterocycles. The normalized spacial score (nSPS) is 14.8. The summed E-state index contributed by atoms with van der Waals surface area (Å²) in [5, 5.41) is 0. The second kappa shape index (κ2) is 12.3. The summed E-state index contributed by atoms with van der Waals surface area (Å²) in [5.41, 5.74) is 2.52. The third-order valence-corrected chi connectivity index (χ3v) is 7.52. The Bertz CT molecular complexity index is 1790. The Hall–Kier alpha value is -4.50. The summed E-state index contributed by atoms with van der Waals surface area (Å²) in [6, 6.07) is 20.5. The zero-order valence-corrected chi connectivity index (χ0v) is 23.7. The molecule has 1 aromatic heterocycles. The van der Waals surface area contributed by atoms with Crippen LogP contribution in [0.15, 0.2) is 93.9 Å². The number of benzene rings is 3. The van der Waals surface area contributed by atoms with Gasteiger partial charge in [-0.3, -0.25) is 9.36 Å². The SMILES string of the molecule is CCOC(=O)C1=C(C)N=c2s/c(=C\c3ccc(OCc4ccccc4F)c(OCC)c3)c(=O)n2[C@H]1c1ccccc1. The molecule has 1 aliphatic heterocycles. The number of allylic oxidation sites excluding steroid dienone is 1. The molecule has 7 nitrogen and oxygen atoms in total. The van der Waals surface area contributed by atoms with Gasteiger partial charge in [0, 0.05) is 5.56 Å². The fourth-order valence-electron chi connectivity index (χ4n) is 4.67. The van der Waals surface area contributed by atoms with Crippen LogP contribution < -0.4 is 24.4 Å². The third kappa shape index (κ3) is 5.85. The molecule has 41 heavy (non-hydrogen) atoms. The average molecular weight is 573 g/mol. The van der Waals surface area contributed by atoms with Crippen LogP contribution in [-0.4, -0.2) is 23.8 Å². The van der Waals surface area contributed by atoms with Crippen LogP contribution in [0.25, 0.3) is 6.08 Å². The van der Waals surface area contributed by atoms with Crippen LogP contribution in [-0.2, 0) is 16.1 Å². The van der Waals surface area contributed by atoms with Crippen molar-refractivity contribution in [1.82, 2.24) is 4.57 Å². The molecular formula is C32H29FN2O5S. The number of thiazole rings is 1. The monoisotopic (exact) mass is 572 g/mol. The Morgan fingerprint density at radius 3 is 2.49 bits per heavy atom. The number of hydrogen-bond donors (Lipinski definition) is 0. The van der Waals surface area contributed by atoms with E-state index < -0.39 is 12.0 Å². The fraction of sp³-hybridized carbons (Fsp3) is 0.219. The van der Waals surface area contributed by atoms with Crippen molar-refractivity contribution in [2.24, 2.45) is 4.99 Å². The lowest BCUT2D eigenvalue weighted by Crippen LogP contribution is -2.39. The molecule has 2 heterocycles. The molecule has 9 heteroatoms. The summed E-state index contributed by atoms with van der Waals surface area (Å²) >= 11 is 1.25. The maximum atomic E-state index is 14.1. The largest absolute Gasteiger partial charge is 0.490 e. The number of fused-ring (bicyclic) bond motifs is 1. The zero-order valence-electron chi connectivity index (χ0n) is 22.9. The fourth-order valence-corrected chi connectivity index (χ4v) is 5.71. The zero-order chi connectivity index (χ0) is 28.9. The quantitative estimate of drug-likeness (QED) is 0.266. The van der Waals surface area contributed by atoms with Crippen LogP contribution in [0.1, 0.15) is 43.5 Å². The molecule has 0 aliphatic carbocycles. The summed E-state index contributed by atoms with van der Waals surface area (Å²) in [6.07, 6.45) is 1.76. The summed E-state index contributed by atoms with van der Waals surface area (Å²) in [5.74, 6) is 0.109. The van der Waals surface area contributed by atoms with Gasteiger partial charge in [0.2, 0.25) is 0 Å². The van der Waals surface area contributed by atoms with Crippen LogP contribution in [0.5, 0.6) is 11.5 Å². The number of hydrogen-bond acceptors (Lipinski definition) is 7. The van der Waals surface area contributed by atoms with Crippen LogP contribution >= 0.6 is 11.3 Å². The number of nitrogens with zero attached hydrogens (tertiary/aromatic N) is 2. The van der Waals surface area contributed by atoms with E-state index >= 15 is 0 Å². The van der Waals surface area contributed by atoms with Crippen LogP contribution in [0.3, 0.4) is 0 Å². The highest BCUT2D eigenvalue weighted by Gasteiger charge is 2.33. The molecule has 0 fully saturated rings. The maximum Gasteiger partial charge on any atom is 0.338 e. The molecule has 210 valence electrons. The number of halogens is 1. The van der Waals surface area contributed by atoms with Gasteiger partial charge in [-0.2, -0.15) is 0 Å². The molecular weight excluding hydrogens is 543 g/mol. The Kier molecular flexibility index (Phi) is 8.45. The Morgan fingerprint density at radius 1 is 1.00 bits per heavy atom. The van der Waals surface area contributed by atoms with E-state index in [-0.39, 0.29) is 24.6 Å². The van der Waals surface area contributed by atoms with E-state index in [1.807, 2.05) is 37.3 Å². The van der Waals surface area contributed by atoms with Gasteiger partial charge in [-0.15, -0.1) is 0 Å². The standard InChI is InChI=1S/C32H29FN2O5S/c1-4-38-26-17-21(15-16-25(26)40-19-23-13-9-10-14-24(23)33)18-27-30(36)35-29(22-11-7-6-8-12-22)28(31(37)39-5-2)20(3)34-32(35)41-27/h6-18,29H,4-5,19H2,1-3H3/b27-18-/t29-/m0/s1. The lowest BCUT2D eigenvalue weighted by atomic mass is 9.96. The van der Waals surface area contributed by atoms with Crippen molar-refractivity contribution in [3.8, 4) is 11.5 Å². The van der Waals surface area contributed by atoms with Crippen LogP contribution in [0, 0.1) is 5.82 Å². The lowest BCUT2D eigenvalue weighted by molar-refractivity contribution is -0.139. The van der Waals surface area contributed by atoms with E-state index in [0.29, 0.717) is 44.3 Å². The van der Waals surface area contributed by atoms with Crippen LogP contribution in [0.4, 0.5) is 4.39 Å². The Morgan fingerprint density at radius 2 is 1.76 bits per heavy atom. The van der Waals surface area contributed by atoms with Gasteiger partial charge in [-0.1, -0.05) is 65.9 Å². The van der Waals surface area contributed by atoms with Crippen molar-refractivity contribution in [1.29, 1.82) is 0 Å². The highest BCUT2D eigenvalue weighted by atomic mass is 32.1. The summed E-state index contributed by atoms with van der Waals surface area (Å²) in [4.78, 5) is 31.9. The number of esters is 1. The second-order valence-electron chi connectivity index (χ2n) is 9.23. The van der Waals surface area contributed by atoms with Crippen molar-refractivity contribution in [3.05, 3.63) is 126 Å². The van der Waals surface area contributed by atoms with Gasteiger partial charge in [0.05, 0.1) is 35.1 Å². The summed E-state index contributed by atoms with van der Waals surface area (Å²) in [6.45, 7) is 6.02. The minimum Gasteiger partial charge on any atom is -0.490 e. The lowest BCUT2D eigenvalue weighted by Gasteiger charge is -2.24. The summed E-state index contributed by atoms with van der Waals surface area (Å²) in [7, 11) is 0. The van der Waals surface area contributed by atoms with Crippen molar-refractivity contribution in [3.63, 3.8) is 0 Å². The van der Waals surface area contributed by atoms with Crippen molar-refractivity contribution >= 4 is 23.4 Å². The molecule has 0 saturated carbocycles. The highest BCUT2D eigenvalue weighted by Crippen LogP contribution is 2.31. The second-order valence-corrected chi connectivity index (χ2v) is 10.2. The minimum absolute atomic E-state index is 0.0479. The number of aromatic nitrogens is 1. The van der Waals surface area contributed by atoms with E-state index in [0.717, 1.165) is 11.1 Å². The molecule has 0 N–H and O–H groups in total. The van der Waals surface area contributed by atoms with E-state index in [4.69, 9.17) is 14.2 Å². The third-order valence-electron chi connectivity index (χ3n) is 6.54. The number of carbonyl (C=O) groups excluding carboxylic acids is 1. The van der Waals surface area contributed by atoms with Gasteiger partial charge in [0.25, 0.3) is 5.56 Å². The number of ether oxygens (including phenoxy) is 3. The van der Waals surface area contributed by atoms with Gasteiger partial charge in [0.1, 0.15) is 12.4 Å². The van der Waals surface area contributed by atoms with Gasteiger partial charge in [-0.25, -0.2) is 14.2 Å². The van der Waals surface area contributed by atoms with E-state index in [9.17, 15) is 14.0 Å². The van der Waals surface area contributed by atoms with Crippen molar-refractivity contribution in [2.75, 3.05) is 13.2 Å². The van der Waals surface area contributed by atoms with Crippen LogP contribution in [0.2, 0.25) is 0 Å². The molecule has 0 spiro atoms. The van der Waals surface area contributed by atoms with Gasteiger partial charge in [0.15, 0.2) is 16.3 Å². The topological polar surface area (TPSA) is 79.1 Å². The summed E-state index contributed by atoms with van der Waals surface area (Å²) < 4.78 is 33.1. The molecule has 0 amide bonds. The minimum atomic E-state index is -0.665. The number of rotatable bonds is 9. The molecule has 5 rings (SSSR count). The van der Waals surface area contributed by atoms with Crippen molar-refractivity contribution < 1.29 is 23.4 Å². The highest BCUT2D eigenvalue weighted by molar-refractivity contribution is 7.07. The molecule has 4 aromatic rings. The molecule has 1 aliphatic rings. The number of carbonyl (C=O) groups is 1. The van der Waals surface area contributed by atoms with Gasteiger partial charge < -0.3 is 14.2 Å². The average Bonchev–Trinajstić information content (AvgIpc) is 3.27. The van der Waals surface area contributed by atoms with E-state index in [1.165, 1.54) is 17.4 Å². The smallest absolute Gasteiger partial charge is 0.338 e. The Balaban J connectivity index is 1.55.